The predicted molar refractivity (Wildman–Crippen MR) is 61.0 cm³/mol. The summed E-state index contributed by atoms with van der Waals surface area (Å²) in [6.07, 6.45) is 6.67. The number of rotatable bonds is 6. The average molecular weight is 251 g/mol. The van der Waals surface area contributed by atoms with Crippen LogP contribution in [0.3, 0.4) is 0 Å². The fourth-order valence-corrected chi connectivity index (χ4v) is 1.84. The van der Waals surface area contributed by atoms with Crippen LogP contribution in [-0.4, -0.2) is 36.1 Å². The number of nitrogens with zero attached hydrogens (tertiary/aromatic N) is 2. The van der Waals surface area contributed by atoms with Crippen LogP contribution in [-0.2, 0) is 22.8 Å². The van der Waals surface area contributed by atoms with Crippen LogP contribution < -0.4 is 0 Å². The van der Waals surface area contributed by atoms with Gasteiger partial charge in [0, 0.05) is 18.3 Å². The maximum Gasteiger partial charge on any atom is 0.149 e. The van der Waals surface area contributed by atoms with Crippen LogP contribution in [0.5, 0.6) is 0 Å². The molecule has 0 saturated carbocycles. The van der Waals surface area contributed by atoms with Gasteiger partial charge in [0.05, 0.1) is 18.5 Å². The van der Waals surface area contributed by atoms with Gasteiger partial charge in [-0.2, -0.15) is 5.10 Å². The lowest BCUT2D eigenvalue weighted by molar-refractivity contribution is 0.586. The summed E-state index contributed by atoms with van der Waals surface area (Å²) in [6, 6.07) is 0. The van der Waals surface area contributed by atoms with Crippen molar-refractivity contribution in [1.82, 2.24) is 9.78 Å². The van der Waals surface area contributed by atoms with Gasteiger partial charge in [-0.3, -0.25) is 4.68 Å². The molecule has 1 rings (SSSR count). The molecular weight excluding hydrogens is 236 g/mol. The van der Waals surface area contributed by atoms with Gasteiger partial charge in [-0.25, -0.2) is 8.42 Å². The van der Waals surface area contributed by atoms with E-state index in [1.54, 1.807) is 10.9 Å². The lowest BCUT2D eigenvalue weighted by Crippen LogP contribution is -2.11. The zero-order valence-electron chi connectivity index (χ0n) is 8.69. The normalized spacial score (nSPS) is 11.9. The van der Waals surface area contributed by atoms with E-state index in [0.717, 1.165) is 18.4 Å². The summed E-state index contributed by atoms with van der Waals surface area (Å²) in [6.45, 7) is 0.416. The molecule has 0 unspecified atom stereocenters. The van der Waals surface area contributed by atoms with Crippen LogP contribution in [0, 0.1) is 0 Å². The molecule has 0 aromatic carbocycles. The second-order valence-corrected chi connectivity index (χ2v) is 6.17. The van der Waals surface area contributed by atoms with Gasteiger partial charge in [-0.1, -0.05) is 0 Å². The monoisotopic (exact) mass is 250 g/mol. The van der Waals surface area contributed by atoms with Gasteiger partial charge >= 0.3 is 0 Å². The van der Waals surface area contributed by atoms with E-state index in [0.29, 0.717) is 12.4 Å². The van der Waals surface area contributed by atoms with Crippen molar-refractivity contribution in [2.45, 2.75) is 19.4 Å². The van der Waals surface area contributed by atoms with E-state index in [2.05, 4.69) is 5.10 Å². The van der Waals surface area contributed by atoms with Crippen LogP contribution >= 0.6 is 11.6 Å². The lowest BCUT2D eigenvalue weighted by atomic mass is 10.2. The number of sulfone groups is 1. The van der Waals surface area contributed by atoms with E-state index in [9.17, 15) is 8.42 Å². The van der Waals surface area contributed by atoms with E-state index in [4.69, 9.17) is 11.6 Å². The summed E-state index contributed by atoms with van der Waals surface area (Å²) in [5.74, 6) is 0.762. The number of hydrogen-bond acceptors (Lipinski definition) is 3. The maximum atomic E-state index is 10.9. The highest BCUT2D eigenvalue weighted by Crippen LogP contribution is 2.03. The topological polar surface area (TPSA) is 52.0 Å². The Kier molecular flexibility index (Phi) is 4.60. The maximum absolute atomic E-state index is 10.9. The third kappa shape index (κ3) is 5.18. The van der Waals surface area contributed by atoms with Crippen molar-refractivity contribution < 1.29 is 8.42 Å². The summed E-state index contributed by atoms with van der Waals surface area (Å²) >= 11 is 5.57. The second kappa shape index (κ2) is 5.51. The molecule has 4 nitrogen and oxygen atoms in total. The van der Waals surface area contributed by atoms with Gasteiger partial charge in [0.15, 0.2) is 0 Å². The molecule has 0 aliphatic rings. The largest absolute Gasteiger partial charge is 0.271 e. The first-order chi connectivity index (χ1) is 7.01. The molecule has 15 heavy (non-hydrogen) atoms. The van der Waals surface area contributed by atoms with E-state index in [1.807, 2.05) is 6.20 Å². The van der Waals surface area contributed by atoms with Crippen LogP contribution in [0.4, 0.5) is 0 Å². The molecule has 0 bridgehead atoms. The number of aryl methyl sites for hydroxylation is 2. The summed E-state index contributed by atoms with van der Waals surface area (Å²) in [7, 11) is -2.91. The van der Waals surface area contributed by atoms with E-state index in [-0.39, 0.29) is 5.75 Å². The minimum absolute atomic E-state index is 0.129. The van der Waals surface area contributed by atoms with E-state index in [1.165, 1.54) is 6.26 Å². The van der Waals surface area contributed by atoms with E-state index < -0.39 is 9.84 Å². The fraction of sp³-hybridized carbons (Fsp3) is 0.667. The minimum Gasteiger partial charge on any atom is -0.271 e. The van der Waals surface area contributed by atoms with Gasteiger partial charge in [0.2, 0.25) is 0 Å². The molecule has 1 aromatic rings. The average Bonchev–Trinajstić information content (AvgIpc) is 2.58. The van der Waals surface area contributed by atoms with Gasteiger partial charge in [-0.15, -0.1) is 11.6 Å². The highest BCUT2D eigenvalue weighted by molar-refractivity contribution is 7.90. The third-order valence-electron chi connectivity index (χ3n) is 1.98. The van der Waals surface area contributed by atoms with Gasteiger partial charge in [0.1, 0.15) is 9.84 Å². The van der Waals surface area contributed by atoms with Crippen molar-refractivity contribution in [1.29, 1.82) is 0 Å². The molecule has 0 fully saturated rings. The van der Waals surface area contributed by atoms with Crippen molar-refractivity contribution in [3.63, 3.8) is 0 Å². The summed E-state index contributed by atoms with van der Waals surface area (Å²) in [4.78, 5) is 0. The Morgan fingerprint density at radius 3 is 2.87 bits per heavy atom. The molecule has 0 N–H and O–H groups in total. The van der Waals surface area contributed by atoms with Crippen molar-refractivity contribution in [2.75, 3.05) is 17.9 Å². The quantitative estimate of drug-likeness (QED) is 0.711. The number of aromatic nitrogens is 2. The molecule has 1 heterocycles. The molecule has 0 saturated heterocycles. The van der Waals surface area contributed by atoms with Gasteiger partial charge in [0.25, 0.3) is 0 Å². The van der Waals surface area contributed by atoms with Crippen LogP contribution in [0.25, 0.3) is 0 Å². The van der Waals surface area contributed by atoms with Gasteiger partial charge in [-0.05, 0) is 18.4 Å². The molecule has 6 heteroatoms. The van der Waals surface area contributed by atoms with Crippen LogP contribution in [0.15, 0.2) is 12.4 Å². The first-order valence-electron chi connectivity index (χ1n) is 4.76. The summed E-state index contributed by atoms with van der Waals surface area (Å²) < 4.78 is 23.5. The first kappa shape index (κ1) is 12.5. The molecule has 1 aromatic heterocycles. The van der Waals surface area contributed by atoms with Crippen LogP contribution in [0.2, 0.25) is 0 Å². The lowest BCUT2D eigenvalue weighted by Gasteiger charge is -1.98. The molecule has 0 radical (unpaired) electrons. The second-order valence-electron chi connectivity index (χ2n) is 3.53. The van der Waals surface area contributed by atoms with Crippen LogP contribution in [0.1, 0.15) is 12.0 Å². The SMILES string of the molecule is CS(=O)(=O)CCn1cc(CCCCl)cn1. The van der Waals surface area contributed by atoms with Crippen molar-refractivity contribution >= 4 is 21.4 Å². The minimum atomic E-state index is -2.91. The molecule has 0 spiro atoms. The molecular formula is C9H15ClN2O2S. The standard InChI is InChI=1S/C9H15ClN2O2S/c1-15(13,14)6-5-12-8-9(7-11-12)3-2-4-10/h7-8H,2-6H2,1H3. The van der Waals surface area contributed by atoms with Crippen molar-refractivity contribution in [3.05, 3.63) is 18.0 Å². The predicted octanol–water partition coefficient (Wildman–Crippen LogP) is 1.10. The highest BCUT2D eigenvalue weighted by Gasteiger charge is 2.04. The molecule has 86 valence electrons. The number of halogens is 1. The van der Waals surface area contributed by atoms with Gasteiger partial charge < -0.3 is 0 Å². The molecule has 0 aliphatic carbocycles. The van der Waals surface area contributed by atoms with E-state index >= 15 is 0 Å². The summed E-state index contributed by atoms with van der Waals surface area (Å²) in [5, 5.41) is 4.08. The Morgan fingerprint density at radius 1 is 1.53 bits per heavy atom. The molecule has 0 aliphatic heterocycles. The van der Waals surface area contributed by atoms with Crippen molar-refractivity contribution in [2.24, 2.45) is 0 Å². The Morgan fingerprint density at radius 2 is 2.27 bits per heavy atom. The number of hydrogen-bond donors (Lipinski definition) is 0. The smallest absolute Gasteiger partial charge is 0.149 e. The highest BCUT2D eigenvalue weighted by atomic mass is 35.5. The van der Waals surface area contributed by atoms with Crippen molar-refractivity contribution in [3.8, 4) is 0 Å². The molecule has 0 atom stereocenters. The summed E-state index contributed by atoms with van der Waals surface area (Å²) in [5.41, 5.74) is 1.10. The first-order valence-corrected chi connectivity index (χ1v) is 7.36. The zero-order valence-corrected chi connectivity index (χ0v) is 10.3. The number of alkyl halides is 1. The Bertz CT molecular complexity index is 400. The Hall–Kier alpha value is -0.550. The Balaban J connectivity index is 2.46. The Labute approximate surface area is 95.2 Å². The molecule has 0 amide bonds. The third-order valence-corrected chi connectivity index (χ3v) is 3.17. The zero-order chi connectivity index (χ0) is 11.3. The fourth-order valence-electron chi connectivity index (χ4n) is 1.19.